The molecule has 1 fully saturated rings. The van der Waals surface area contributed by atoms with Crippen LogP contribution in [0.2, 0.25) is 0 Å². The molecule has 8 heteroatoms. The Bertz CT molecular complexity index is 804. The van der Waals surface area contributed by atoms with Crippen molar-refractivity contribution in [2.75, 3.05) is 37.4 Å². The smallest absolute Gasteiger partial charge is 0.409 e. The van der Waals surface area contributed by atoms with Crippen LogP contribution in [0.25, 0.3) is 0 Å². The van der Waals surface area contributed by atoms with Crippen LogP contribution in [0, 0.1) is 6.92 Å². The summed E-state index contributed by atoms with van der Waals surface area (Å²) in [4.78, 5) is 22.7. The number of carbonyl (C=O) groups excluding carboxylic acids is 1. The molecule has 3 rings (SSSR count). The summed E-state index contributed by atoms with van der Waals surface area (Å²) < 4.78 is 10.3. The average Bonchev–Trinajstić information content (AvgIpc) is 2.73. The Hall–Kier alpha value is -3.03. The molecule has 2 heterocycles. The van der Waals surface area contributed by atoms with Crippen molar-refractivity contribution in [2.45, 2.75) is 39.3 Å². The Morgan fingerprint density at radius 3 is 2.59 bits per heavy atom. The first-order chi connectivity index (χ1) is 14.1. The van der Waals surface area contributed by atoms with Gasteiger partial charge in [0.2, 0.25) is 5.95 Å². The zero-order valence-electron chi connectivity index (χ0n) is 17.3. The number of likely N-dealkylation sites (tertiary alicyclic amines) is 1. The van der Waals surface area contributed by atoms with Gasteiger partial charge >= 0.3 is 6.09 Å². The monoisotopic (exact) mass is 399 g/mol. The van der Waals surface area contributed by atoms with Crippen LogP contribution in [0.1, 0.15) is 31.0 Å². The summed E-state index contributed by atoms with van der Waals surface area (Å²) in [6.45, 7) is 6.18. The van der Waals surface area contributed by atoms with Crippen LogP contribution in [0.5, 0.6) is 5.75 Å². The summed E-state index contributed by atoms with van der Waals surface area (Å²) in [7, 11) is 1.66. The summed E-state index contributed by atoms with van der Waals surface area (Å²) in [6, 6.07) is 10.1. The Morgan fingerprint density at radius 2 is 1.93 bits per heavy atom. The van der Waals surface area contributed by atoms with Crippen molar-refractivity contribution in [2.24, 2.45) is 0 Å². The zero-order valence-corrected chi connectivity index (χ0v) is 17.3. The lowest BCUT2D eigenvalue weighted by atomic mass is 10.1. The van der Waals surface area contributed by atoms with Crippen LogP contribution in [-0.2, 0) is 11.3 Å². The van der Waals surface area contributed by atoms with Gasteiger partial charge in [0.15, 0.2) is 0 Å². The molecular formula is C21H29N5O3. The second kappa shape index (κ2) is 9.95. The molecule has 8 nitrogen and oxygen atoms in total. The maximum Gasteiger partial charge on any atom is 0.409 e. The molecule has 0 bridgehead atoms. The quantitative estimate of drug-likeness (QED) is 0.737. The fourth-order valence-corrected chi connectivity index (χ4v) is 3.26. The number of ether oxygens (including phenoxy) is 2. The maximum atomic E-state index is 11.8. The van der Waals surface area contributed by atoms with E-state index in [0.29, 0.717) is 32.2 Å². The molecule has 0 atom stereocenters. The van der Waals surface area contributed by atoms with Crippen LogP contribution < -0.4 is 15.4 Å². The number of hydrogen-bond donors (Lipinski definition) is 2. The van der Waals surface area contributed by atoms with Crippen LogP contribution >= 0.6 is 0 Å². The molecule has 0 spiro atoms. The third-order valence-corrected chi connectivity index (χ3v) is 4.84. The van der Waals surface area contributed by atoms with Gasteiger partial charge in [-0.15, -0.1) is 0 Å². The molecule has 0 aliphatic carbocycles. The maximum absolute atomic E-state index is 11.8. The van der Waals surface area contributed by atoms with Gasteiger partial charge in [-0.1, -0.05) is 12.1 Å². The van der Waals surface area contributed by atoms with E-state index < -0.39 is 0 Å². The number of aromatic nitrogens is 2. The highest BCUT2D eigenvalue weighted by Crippen LogP contribution is 2.18. The minimum Gasteiger partial charge on any atom is -0.497 e. The van der Waals surface area contributed by atoms with Gasteiger partial charge in [-0.25, -0.2) is 9.78 Å². The minimum atomic E-state index is -0.234. The van der Waals surface area contributed by atoms with Crippen molar-refractivity contribution in [3.05, 3.63) is 41.6 Å². The number of hydrogen-bond acceptors (Lipinski definition) is 7. The Balaban J connectivity index is 1.54. The number of benzene rings is 1. The van der Waals surface area contributed by atoms with Crippen molar-refractivity contribution < 1.29 is 14.3 Å². The van der Waals surface area contributed by atoms with Gasteiger partial charge in [0.25, 0.3) is 0 Å². The lowest BCUT2D eigenvalue weighted by Gasteiger charge is -2.31. The molecule has 156 valence electrons. The average molecular weight is 399 g/mol. The van der Waals surface area contributed by atoms with Gasteiger partial charge in [-0.2, -0.15) is 4.98 Å². The lowest BCUT2D eigenvalue weighted by molar-refractivity contribution is 0.0983. The predicted octanol–water partition coefficient (Wildman–Crippen LogP) is 3.44. The zero-order chi connectivity index (χ0) is 20.6. The Kier molecular flexibility index (Phi) is 7.10. The van der Waals surface area contributed by atoms with E-state index in [1.54, 1.807) is 12.0 Å². The van der Waals surface area contributed by atoms with Crippen molar-refractivity contribution in [3.8, 4) is 5.75 Å². The number of aryl methyl sites for hydroxylation is 1. The van der Waals surface area contributed by atoms with E-state index >= 15 is 0 Å². The number of methoxy groups -OCH3 is 1. The molecule has 0 radical (unpaired) electrons. The molecule has 1 amide bonds. The number of nitrogens with one attached hydrogen (secondary N) is 2. The van der Waals surface area contributed by atoms with E-state index in [9.17, 15) is 4.79 Å². The summed E-state index contributed by atoms with van der Waals surface area (Å²) in [5.74, 6) is 2.23. The second-order valence-corrected chi connectivity index (χ2v) is 7.02. The highest BCUT2D eigenvalue weighted by Gasteiger charge is 2.24. The van der Waals surface area contributed by atoms with Crippen LogP contribution in [0.3, 0.4) is 0 Å². The minimum absolute atomic E-state index is 0.233. The van der Waals surface area contributed by atoms with E-state index in [1.165, 1.54) is 0 Å². The fourth-order valence-electron chi connectivity index (χ4n) is 3.26. The summed E-state index contributed by atoms with van der Waals surface area (Å²) in [6.07, 6.45) is 1.44. The van der Waals surface area contributed by atoms with Gasteiger partial charge in [0.05, 0.1) is 13.7 Å². The van der Waals surface area contributed by atoms with E-state index in [-0.39, 0.29) is 12.1 Å². The standard InChI is InChI=1S/C21H29N5O3/c1-4-29-21(27)26-11-9-17(10-12-26)24-20-23-15(2)13-19(25-20)22-14-16-5-7-18(28-3)8-6-16/h5-8,13,17H,4,9-12,14H2,1-3H3,(H2,22,23,24,25). The molecule has 0 saturated carbocycles. The van der Waals surface area contributed by atoms with E-state index in [4.69, 9.17) is 9.47 Å². The van der Waals surface area contributed by atoms with E-state index in [2.05, 4.69) is 20.6 Å². The molecule has 29 heavy (non-hydrogen) atoms. The van der Waals surface area contributed by atoms with Crippen LogP contribution in [-0.4, -0.2) is 53.8 Å². The fraction of sp³-hybridized carbons (Fsp3) is 0.476. The van der Waals surface area contributed by atoms with Crippen LogP contribution in [0.4, 0.5) is 16.6 Å². The highest BCUT2D eigenvalue weighted by atomic mass is 16.6. The summed E-state index contributed by atoms with van der Waals surface area (Å²) in [5.41, 5.74) is 2.03. The van der Waals surface area contributed by atoms with Crippen molar-refractivity contribution in [3.63, 3.8) is 0 Å². The molecule has 1 aromatic heterocycles. The summed E-state index contributed by atoms with van der Waals surface area (Å²) in [5, 5.41) is 6.76. The van der Waals surface area contributed by atoms with Crippen molar-refractivity contribution in [1.29, 1.82) is 0 Å². The molecule has 1 saturated heterocycles. The largest absolute Gasteiger partial charge is 0.497 e. The van der Waals surface area contributed by atoms with Crippen molar-refractivity contribution >= 4 is 17.9 Å². The first kappa shape index (κ1) is 20.7. The van der Waals surface area contributed by atoms with Gasteiger partial charge in [0, 0.05) is 37.4 Å². The molecule has 1 aliphatic heterocycles. The third-order valence-electron chi connectivity index (χ3n) is 4.84. The van der Waals surface area contributed by atoms with Gasteiger partial charge < -0.3 is 25.0 Å². The second-order valence-electron chi connectivity index (χ2n) is 7.02. The van der Waals surface area contributed by atoms with Gasteiger partial charge in [0.1, 0.15) is 11.6 Å². The molecule has 2 N–H and O–H groups in total. The SMILES string of the molecule is CCOC(=O)N1CCC(Nc2nc(C)cc(NCc3ccc(OC)cc3)n2)CC1. The van der Waals surface area contributed by atoms with Crippen LogP contribution in [0.15, 0.2) is 30.3 Å². The highest BCUT2D eigenvalue weighted by molar-refractivity contribution is 5.67. The Labute approximate surface area is 171 Å². The number of amides is 1. The van der Waals surface area contributed by atoms with E-state index in [0.717, 1.165) is 35.7 Å². The normalized spacial score (nSPS) is 14.4. The first-order valence-electron chi connectivity index (χ1n) is 9.98. The topological polar surface area (TPSA) is 88.6 Å². The van der Waals surface area contributed by atoms with Gasteiger partial charge in [-0.3, -0.25) is 0 Å². The molecular weight excluding hydrogens is 370 g/mol. The molecule has 0 unspecified atom stereocenters. The number of piperidine rings is 1. The molecule has 1 aliphatic rings. The molecule has 1 aromatic carbocycles. The predicted molar refractivity (Wildman–Crippen MR) is 112 cm³/mol. The van der Waals surface area contributed by atoms with Gasteiger partial charge in [-0.05, 0) is 44.4 Å². The molecule has 2 aromatic rings. The summed E-state index contributed by atoms with van der Waals surface area (Å²) >= 11 is 0. The number of carbonyl (C=O) groups is 1. The number of nitrogens with zero attached hydrogens (tertiary/aromatic N) is 3. The third kappa shape index (κ3) is 5.97. The lowest BCUT2D eigenvalue weighted by Crippen LogP contribution is -2.42. The van der Waals surface area contributed by atoms with E-state index in [1.807, 2.05) is 44.2 Å². The van der Waals surface area contributed by atoms with Crippen molar-refractivity contribution in [1.82, 2.24) is 14.9 Å². The first-order valence-corrected chi connectivity index (χ1v) is 9.98. The number of rotatable bonds is 7. The number of anilines is 2. The Morgan fingerprint density at radius 1 is 1.21 bits per heavy atom.